The summed E-state index contributed by atoms with van der Waals surface area (Å²) in [5, 5.41) is 4.08. The normalized spacial score (nSPS) is 19.9. The molecule has 2 N–H and O–H groups in total. The molecule has 0 saturated carbocycles. The van der Waals surface area contributed by atoms with E-state index < -0.39 is 0 Å². The number of likely N-dealkylation sites (tertiary alicyclic amines) is 1. The second kappa shape index (κ2) is 6.27. The standard InChI is InChI=1S/C16H21N5O/c1-12(17)15-4-2-3-9-20(15)16(22)13-5-7-14(8-6-13)21-11-18-10-19-21/h5-8,10-12,15H,2-4,9,17H2,1H3/t12-,15+/m0/s1. The number of rotatable bonds is 3. The number of amides is 1. The van der Waals surface area contributed by atoms with Gasteiger partial charge in [0.15, 0.2) is 0 Å². The van der Waals surface area contributed by atoms with Crippen molar-refractivity contribution >= 4 is 5.91 Å². The molecule has 1 aromatic heterocycles. The van der Waals surface area contributed by atoms with Crippen molar-refractivity contribution in [3.05, 3.63) is 42.5 Å². The van der Waals surface area contributed by atoms with Gasteiger partial charge in [-0.2, -0.15) is 5.10 Å². The van der Waals surface area contributed by atoms with Gasteiger partial charge in [0.05, 0.1) is 5.69 Å². The molecule has 0 aliphatic carbocycles. The molecule has 1 amide bonds. The third-order valence-electron chi connectivity index (χ3n) is 4.21. The second-order valence-corrected chi connectivity index (χ2v) is 5.81. The Morgan fingerprint density at radius 3 is 2.73 bits per heavy atom. The molecule has 1 saturated heterocycles. The number of carbonyl (C=O) groups is 1. The maximum absolute atomic E-state index is 12.7. The lowest BCUT2D eigenvalue weighted by Crippen LogP contribution is -2.51. The van der Waals surface area contributed by atoms with E-state index in [1.807, 2.05) is 36.1 Å². The number of benzene rings is 1. The van der Waals surface area contributed by atoms with E-state index in [1.54, 1.807) is 11.0 Å². The van der Waals surface area contributed by atoms with Crippen LogP contribution in [-0.2, 0) is 0 Å². The van der Waals surface area contributed by atoms with Gasteiger partial charge in [-0.25, -0.2) is 9.67 Å². The highest BCUT2D eigenvalue weighted by molar-refractivity contribution is 5.94. The Bertz CT molecular complexity index is 620. The van der Waals surface area contributed by atoms with Crippen LogP contribution in [0.4, 0.5) is 0 Å². The first-order chi connectivity index (χ1) is 10.7. The van der Waals surface area contributed by atoms with Crippen LogP contribution in [0.5, 0.6) is 0 Å². The van der Waals surface area contributed by atoms with Gasteiger partial charge in [0.25, 0.3) is 5.91 Å². The summed E-state index contributed by atoms with van der Waals surface area (Å²) in [5.74, 6) is 0.0622. The fourth-order valence-electron chi connectivity index (χ4n) is 3.02. The third-order valence-corrected chi connectivity index (χ3v) is 4.21. The van der Waals surface area contributed by atoms with Crippen molar-refractivity contribution in [2.75, 3.05) is 6.54 Å². The lowest BCUT2D eigenvalue weighted by atomic mass is 9.96. The topological polar surface area (TPSA) is 77.0 Å². The molecule has 22 heavy (non-hydrogen) atoms. The second-order valence-electron chi connectivity index (χ2n) is 5.81. The van der Waals surface area contributed by atoms with Crippen LogP contribution in [-0.4, -0.2) is 44.2 Å². The number of hydrogen-bond donors (Lipinski definition) is 1. The SMILES string of the molecule is C[C@H](N)[C@H]1CCCCN1C(=O)c1ccc(-n2cncn2)cc1. The molecule has 0 bridgehead atoms. The number of aromatic nitrogens is 3. The Morgan fingerprint density at radius 2 is 2.09 bits per heavy atom. The number of nitrogens with two attached hydrogens (primary N) is 1. The van der Waals surface area contributed by atoms with Crippen LogP contribution in [0.1, 0.15) is 36.5 Å². The van der Waals surface area contributed by atoms with Crippen molar-refractivity contribution in [3.8, 4) is 5.69 Å². The summed E-state index contributed by atoms with van der Waals surface area (Å²) in [6.45, 7) is 2.76. The molecule has 1 fully saturated rings. The maximum atomic E-state index is 12.7. The Balaban J connectivity index is 1.79. The summed E-state index contributed by atoms with van der Waals surface area (Å²) in [5.41, 5.74) is 7.63. The van der Waals surface area contributed by atoms with E-state index in [4.69, 9.17) is 5.73 Å². The van der Waals surface area contributed by atoms with E-state index in [2.05, 4.69) is 10.1 Å². The maximum Gasteiger partial charge on any atom is 0.254 e. The summed E-state index contributed by atoms with van der Waals surface area (Å²) >= 11 is 0. The Morgan fingerprint density at radius 1 is 1.32 bits per heavy atom. The molecule has 3 rings (SSSR count). The Labute approximate surface area is 129 Å². The fraction of sp³-hybridized carbons (Fsp3) is 0.438. The van der Waals surface area contributed by atoms with Crippen molar-refractivity contribution in [1.29, 1.82) is 0 Å². The zero-order chi connectivity index (χ0) is 15.5. The molecule has 0 radical (unpaired) electrons. The zero-order valence-corrected chi connectivity index (χ0v) is 12.7. The molecule has 6 heteroatoms. The van der Waals surface area contributed by atoms with Crippen molar-refractivity contribution < 1.29 is 4.79 Å². The van der Waals surface area contributed by atoms with Gasteiger partial charge >= 0.3 is 0 Å². The molecule has 1 aliphatic heterocycles. The first-order valence-corrected chi connectivity index (χ1v) is 7.68. The Hall–Kier alpha value is -2.21. The van der Waals surface area contributed by atoms with Gasteiger partial charge in [0.1, 0.15) is 12.7 Å². The molecule has 2 atom stereocenters. The number of piperidine rings is 1. The molecule has 1 aromatic carbocycles. The van der Waals surface area contributed by atoms with Gasteiger partial charge in [0, 0.05) is 24.2 Å². The third kappa shape index (κ3) is 2.87. The molecule has 2 aromatic rings. The lowest BCUT2D eigenvalue weighted by molar-refractivity contribution is 0.0584. The predicted octanol–water partition coefficient (Wildman–Crippen LogP) is 1.61. The summed E-state index contributed by atoms with van der Waals surface area (Å²) in [4.78, 5) is 18.6. The van der Waals surface area contributed by atoms with Crippen LogP contribution in [0, 0.1) is 0 Å². The van der Waals surface area contributed by atoms with Crippen LogP contribution < -0.4 is 5.73 Å². The van der Waals surface area contributed by atoms with Gasteiger partial charge in [-0.3, -0.25) is 4.79 Å². The van der Waals surface area contributed by atoms with Crippen LogP contribution in [0.3, 0.4) is 0 Å². The average Bonchev–Trinajstić information content (AvgIpc) is 3.09. The van der Waals surface area contributed by atoms with E-state index in [0.29, 0.717) is 5.56 Å². The summed E-state index contributed by atoms with van der Waals surface area (Å²) in [6, 6.07) is 7.58. The highest BCUT2D eigenvalue weighted by Crippen LogP contribution is 2.22. The van der Waals surface area contributed by atoms with E-state index >= 15 is 0 Å². The minimum Gasteiger partial charge on any atom is -0.334 e. The van der Waals surface area contributed by atoms with Gasteiger partial charge in [-0.15, -0.1) is 0 Å². The van der Waals surface area contributed by atoms with Gasteiger partial charge in [-0.05, 0) is 50.5 Å². The highest BCUT2D eigenvalue weighted by atomic mass is 16.2. The number of carbonyl (C=O) groups excluding carboxylic acids is 1. The van der Waals surface area contributed by atoms with Crippen molar-refractivity contribution in [2.45, 2.75) is 38.3 Å². The van der Waals surface area contributed by atoms with Crippen molar-refractivity contribution in [2.24, 2.45) is 5.73 Å². The number of nitrogens with zero attached hydrogens (tertiary/aromatic N) is 4. The van der Waals surface area contributed by atoms with E-state index in [-0.39, 0.29) is 18.0 Å². The fourth-order valence-corrected chi connectivity index (χ4v) is 3.02. The zero-order valence-electron chi connectivity index (χ0n) is 12.7. The minimum atomic E-state index is -0.00123. The molecule has 0 spiro atoms. The van der Waals surface area contributed by atoms with Gasteiger partial charge in [0.2, 0.25) is 0 Å². The highest BCUT2D eigenvalue weighted by Gasteiger charge is 2.29. The first-order valence-electron chi connectivity index (χ1n) is 7.68. The Kier molecular flexibility index (Phi) is 4.20. The van der Waals surface area contributed by atoms with Crippen molar-refractivity contribution in [1.82, 2.24) is 19.7 Å². The van der Waals surface area contributed by atoms with E-state index in [9.17, 15) is 4.79 Å². The van der Waals surface area contributed by atoms with Crippen LogP contribution in [0.15, 0.2) is 36.9 Å². The minimum absolute atomic E-state index is 0.00123. The monoisotopic (exact) mass is 299 g/mol. The molecular formula is C16H21N5O. The van der Waals surface area contributed by atoms with Gasteiger partial charge < -0.3 is 10.6 Å². The van der Waals surface area contributed by atoms with Crippen molar-refractivity contribution in [3.63, 3.8) is 0 Å². The summed E-state index contributed by atoms with van der Waals surface area (Å²) < 4.78 is 1.67. The predicted molar refractivity (Wildman–Crippen MR) is 83.7 cm³/mol. The molecule has 116 valence electrons. The molecule has 2 heterocycles. The van der Waals surface area contributed by atoms with Crippen LogP contribution >= 0.6 is 0 Å². The van der Waals surface area contributed by atoms with Gasteiger partial charge in [-0.1, -0.05) is 0 Å². The first kappa shape index (κ1) is 14.7. The molecular weight excluding hydrogens is 278 g/mol. The summed E-state index contributed by atoms with van der Waals surface area (Å²) in [7, 11) is 0. The largest absolute Gasteiger partial charge is 0.334 e. The smallest absolute Gasteiger partial charge is 0.254 e. The quantitative estimate of drug-likeness (QED) is 0.934. The molecule has 6 nitrogen and oxygen atoms in total. The molecule has 1 aliphatic rings. The van der Waals surface area contributed by atoms with Crippen LogP contribution in [0.25, 0.3) is 5.69 Å². The van der Waals surface area contributed by atoms with Crippen LogP contribution in [0.2, 0.25) is 0 Å². The van der Waals surface area contributed by atoms with E-state index in [1.165, 1.54) is 6.33 Å². The number of hydrogen-bond acceptors (Lipinski definition) is 4. The molecule has 0 unspecified atom stereocenters. The average molecular weight is 299 g/mol. The van der Waals surface area contributed by atoms with E-state index in [0.717, 1.165) is 31.5 Å². The lowest BCUT2D eigenvalue weighted by Gasteiger charge is -2.38. The summed E-state index contributed by atoms with van der Waals surface area (Å²) in [6.07, 6.45) is 6.29.